The number of rotatable bonds is 3. The lowest BCUT2D eigenvalue weighted by molar-refractivity contribution is 0.410. The van der Waals surface area contributed by atoms with Gasteiger partial charge < -0.3 is 4.74 Å². The van der Waals surface area contributed by atoms with E-state index in [0.29, 0.717) is 5.69 Å². The average molecular weight is 165 g/mol. The van der Waals surface area contributed by atoms with Gasteiger partial charge in [0.15, 0.2) is 0 Å². The normalized spacial score (nSPS) is 9.50. The van der Waals surface area contributed by atoms with Gasteiger partial charge in [-0.1, -0.05) is 13.0 Å². The van der Waals surface area contributed by atoms with Gasteiger partial charge in [0.25, 0.3) is 0 Å². The summed E-state index contributed by atoms with van der Waals surface area (Å²) in [6, 6.07) is 5.19. The third-order valence-corrected chi connectivity index (χ3v) is 1.76. The van der Waals surface area contributed by atoms with Crippen LogP contribution in [0.1, 0.15) is 12.5 Å². The molecule has 64 valence electrons. The minimum absolute atomic E-state index is 0.407. The summed E-state index contributed by atoms with van der Waals surface area (Å²) in [6.07, 6.45) is 0.891. The monoisotopic (exact) mass is 165 g/mol. The quantitative estimate of drug-likeness (QED) is 0.646. The summed E-state index contributed by atoms with van der Waals surface area (Å²) < 4.78 is 5.08. The Balaban J connectivity index is 3.10. The van der Waals surface area contributed by atoms with Crippen molar-refractivity contribution < 1.29 is 4.74 Å². The molecule has 0 saturated heterocycles. The lowest BCUT2D eigenvalue weighted by atomic mass is 10.1. The summed E-state index contributed by atoms with van der Waals surface area (Å²) >= 11 is 0. The molecule has 0 atom stereocenters. The van der Waals surface area contributed by atoms with Gasteiger partial charge in [0, 0.05) is 6.07 Å². The first kappa shape index (κ1) is 8.71. The van der Waals surface area contributed by atoms with Crippen molar-refractivity contribution in [1.29, 1.82) is 0 Å². The van der Waals surface area contributed by atoms with Crippen LogP contribution >= 0.6 is 0 Å². The van der Waals surface area contributed by atoms with Crippen molar-refractivity contribution in [2.45, 2.75) is 13.3 Å². The molecule has 0 saturated carbocycles. The van der Waals surface area contributed by atoms with Gasteiger partial charge in [-0.25, -0.2) is 0 Å². The van der Waals surface area contributed by atoms with Crippen LogP contribution in [0.2, 0.25) is 0 Å². The van der Waals surface area contributed by atoms with Crippen LogP contribution in [-0.2, 0) is 6.42 Å². The van der Waals surface area contributed by atoms with Crippen LogP contribution in [0.25, 0.3) is 0 Å². The van der Waals surface area contributed by atoms with Crippen molar-refractivity contribution in [1.82, 2.24) is 0 Å². The summed E-state index contributed by atoms with van der Waals surface area (Å²) in [6.45, 7) is 2.03. The molecule has 0 amide bonds. The Morgan fingerprint density at radius 2 is 2.25 bits per heavy atom. The number of hydrogen-bond acceptors (Lipinski definition) is 3. The van der Waals surface area contributed by atoms with Gasteiger partial charge >= 0.3 is 0 Å². The minimum Gasteiger partial charge on any atom is -0.496 e. The molecule has 0 bridgehead atoms. The summed E-state index contributed by atoms with van der Waals surface area (Å²) in [4.78, 5) is 10.2. The molecular formula is C9H11NO2. The predicted octanol–water partition coefficient (Wildman–Crippen LogP) is 2.66. The fourth-order valence-corrected chi connectivity index (χ4v) is 1.08. The second-order valence-corrected chi connectivity index (χ2v) is 2.44. The van der Waals surface area contributed by atoms with Crippen molar-refractivity contribution in [3.05, 3.63) is 28.7 Å². The van der Waals surface area contributed by atoms with Gasteiger partial charge in [0.05, 0.1) is 7.11 Å². The number of nitrogens with zero attached hydrogens (tertiary/aromatic N) is 1. The van der Waals surface area contributed by atoms with Crippen molar-refractivity contribution in [2.24, 2.45) is 5.18 Å². The van der Waals surface area contributed by atoms with Crippen molar-refractivity contribution >= 4 is 5.69 Å². The van der Waals surface area contributed by atoms with Gasteiger partial charge in [-0.05, 0) is 23.2 Å². The number of hydrogen-bond donors (Lipinski definition) is 0. The van der Waals surface area contributed by atoms with Gasteiger partial charge in [0.2, 0.25) is 0 Å². The third-order valence-electron chi connectivity index (χ3n) is 1.76. The molecule has 0 fully saturated rings. The molecule has 0 aliphatic carbocycles. The van der Waals surface area contributed by atoms with Crippen LogP contribution in [0.5, 0.6) is 5.75 Å². The Bertz CT molecular complexity index is 284. The zero-order valence-electron chi connectivity index (χ0n) is 7.20. The zero-order chi connectivity index (χ0) is 8.97. The van der Waals surface area contributed by atoms with Crippen LogP contribution in [0.3, 0.4) is 0 Å². The number of aryl methyl sites for hydroxylation is 1. The molecular weight excluding hydrogens is 154 g/mol. The Morgan fingerprint density at radius 1 is 1.50 bits per heavy atom. The topological polar surface area (TPSA) is 38.7 Å². The van der Waals surface area contributed by atoms with E-state index in [4.69, 9.17) is 4.74 Å². The molecule has 0 N–H and O–H groups in total. The van der Waals surface area contributed by atoms with Crippen LogP contribution in [0, 0.1) is 4.91 Å². The molecule has 1 aromatic rings. The van der Waals surface area contributed by atoms with Crippen molar-refractivity contribution in [2.75, 3.05) is 7.11 Å². The van der Waals surface area contributed by atoms with Crippen molar-refractivity contribution in [3.8, 4) is 5.75 Å². The molecule has 1 aromatic carbocycles. The Hall–Kier alpha value is -1.38. The predicted molar refractivity (Wildman–Crippen MR) is 47.8 cm³/mol. The summed E-state index contributed by atoms with van der Waals surface area (Å²) in [7, 11) is 1.59. The maximum Gasteiger partial charge on any atom is 0.124 e. The molecule has 3 heteroatoms. The van der Waals surface area contributed by atoms with Gasteiger partial charge in [-0.2, -0.15) is 0 Å². The summed E-state index contributed by atoms with van der Waals surface area (Å²) in [5.41, 5.74) is 1.49. The highest BCUT2D eigenvalue weighted by atomic mass is 16.5. The fraction of sp³-hybridized carbons (Fsp3) is 0.333. The molecule has 0 aliphatic rings. The van der Waals surface area contributed by atoms with E-state index in [1.807, 2.05) is 13.0 Å². The molecule has 0 aliphatic heterocycles. The first-order valence-corrected chi connectivity index (χ1v) is 3.82. The van der Waals surface area contributed by atoms with E-state index in [2.05, 4.69) is 5.18 Å². The van der Waals surface area contributed by atoms with Crippen LogP contribution in [0.4, 0.5) is 5.69 Å². The van der Waals surface area contributed by atoms with Gasteiger partial charge in [-0.3, -0.25) is 0 Å². The van der Waals surface area contributed by atoms with E-state index in [9.17, 15) is 4.91 Å². The standard InChI is InChI=1S/C9H11NO2/c1-3-7-4-5-8(10-11)6-9(7)12-2/h4-6H,3H2,1-2H3. The van der Waals surface area contributed by atoms with E-state index < -0.39 is 0 Å². The fourth-order valence-electron chi connectivity index (χ4n) is 1.08. The summed E-state index contributed by atoms with van der Waals surface area (Å²) in [5, 5.41) is 2.82. The third kappa shape index (κ3) is 1.61. The van der Waals surface area contributed by atoms with Crippen LogP contribution in [-0.4, -0.2) is 7.11 Å². The van der Waals surface area contributed by atoms with E-state index in [-0.39, 0.29) is 0 Å². The Kier molecular flexibility index (Phi) is 2.80. The molecule has 0 radical (unpaired) electrons. The molecule has 0 heterocycles. The summed E-state index contributed by atoms with van der Waals surface area (Å²) in [5.74, 6) is 0.731. The maximum atomic E-state index is 10.2. The highest BCUT2D eigenvalue weighted by Gasteiger charge is 2.01. The average Bonchev–Trinajstić information content (AvgIpc) is 2.16. The lowest BCUT2D eigenvalue weighted by Crippen LogP contribution is -1.89. The van der Waals surface area contributed by atoms with Gasteiger partial charge in [0.1, 0.15) is 11.4 Å². The van der Waals surface area contributed by atoms with E-state index >= 15 is 0 Å². The minimum atomic E-state index is 0.407. The highest BCUT2D eigenvalue weighted by molar-refractivity contribution is 5.47. The zero-order valence-corrected chi connectivity index (χ0v) is 7.20. The van der Waals surface area contributed by atoms with Crippen LogP contribution in [0.15, 0.2) is 23.4 Å². The molecule has 3 nitrogen and oxygen atoms in total. The van der Waals surface area contributed by atoms with Gasteiger partial charge in [-0.15, -0.1) is 4.91 Å². The molecule has 12 heavy (non-hydrogen) atoms. The second kappa shape index (κ2) is 3.85. The van der Waals surface area contributed by atoms with E-state index in [1.54, 1.807) is 19.2 Å². The van der Waals surface area contributed by atoms with E-state index in [1.165, 1.54) is 0 Å². The smallest absolute Gasteiger partial charge is 0.124 e. The highest BCUT2D eigenvalue weighted by Crippen LogP contribution is 2.24. The number of nitroso groups, excluding NO2 is 1. The number of benzene rings is 1. The molecule has 0 aromatic heterocycles. The molecule has 1 rings (SSSR count). The van der Waals surface area contributed by atoms with Crippen LogP contribution < -0.4 is 4.74 Å². The maximum absolute atomic E-state index is 10.2. The second-order valence-electron chi connectivity index (χ2n) is 2.44. The SMILES string of the molecule is CCc1ccc(N=O)cc1OC. The first-order chi connectivity index (χ1) is 5.81. The molecule has 0 spiro atoms. The lowest BCUT2D eigenvalue weighted by Gasteiger charge is -2.05. The Labute approximate surface area is 71.3 Å². The Morgan fingerprint density at radius 3 is 2.75 bits per heavy atom. The van der Waals surface area contributed by atoms with E-state index in [0.717, 1.165) is 17.7 Å². The number of ether oxygens (including phenoxy) is 1. The number of methoxy groups -OCH3 is 1. The molecule has 0 unspecified atom stereocenters. The first-order valence-electron chi connectivity index (χ1n) is 3.82. The largest absolute Gasteiger partial charge is 0.496 e. The van der Waals surface area contributed by atoms with Crippen molar-refractivity contribution in [3.63, 3.8) is 0 Å².